The van der Waals surface area contributed by atoms with Crippen LogP contribution in [0.5, 0.6) is 5.88 Å². The Morgan fingerprint density at radius 3 is 2.56 bits per heavy atom. The number of allylic oxidation sites excluding steroid dienone is 1. The normalized spacial score (nSPS) is 22.9. The largest absolute Gasteiger partial charge is 0.468 e. The molecule has 5 aliphatic heterocycles. The van der Waals surface area contributed by atoms with E-state index in [0.717, 1.165) is 68.0 Å². The highest BCUT2D eigenvalue weighted by Gasteiger charge is 2.50. The first-order valence-corrected chi connectivity index (χ1v) is 25.5. The molecule has 68 heavy (non-hydrogen) atoms. The molecule has 0 radical (unpaired) electrons. The summed E-state index contributed by atoms with van der Waals surface area (Å²) < 4.78 is 48.3. The quantitative estimate of drug-likeness (QED) is 0.0802. The summed E-state index contributed by atoms with van der Waals surface area (Å²) >= 11 is 0. The predicted molar refractivity (Wildman–Crippen MR) is 260 cm³/mol. The fourth-order valence-electron chi connectivity index (χ4n) is 11.8. The van der Waals surface area contributed by atoms with Crippen molar-refractivity contribution in [1.82, 2.24) is 19.6 Å². The van der Waals surface area contributed by atoms with Gasteiger partial charge in [-0.25, -0.2) is 13.1 Å². The van der Waals surface area contributed by atoms with Crippen LogP contribution in [0.1, 0.15) is 85.8 Å². The van der Waals surface area contributed by atoms with Gasteiger partial charge in [0, 0.05) is 68.3 Å². The zero-order valence-electron chi connectivity index (χ0n) is 38.3. The molecule has 1 saturated carbocycles. The number of nitro benzene ring substituents is 1. The van der Waals surface area contributed by atoms with Crippen LogP contribution in [0, 0.1) is 21.4 Å². The van der Waals surface area contributed by atoms with Crippen LogP contribution in [0.25, 0.3) is 16.6 Å². The summed E-state index contributed by atoms with van der Waals surface area (Å²) in [6.07, 6.45) is 9.87. The highest BCUT2D eigenvalue weighted by atomic mass is 32.2. The maximum Gasteiger partial charge on any atom is 0.293 e. The van der Waals surface area contributed by atoms with E-state index >= 15 is 0 Å². The van der Waals surface area contributed by atoms with E-state index in [1.807, 2.05) is 29.2 Å². The van der Waals surface area contributed by atoms with Gasteiger partial charge < -0.3 is 34.3 Å². The number of piperidine rings is 1. The molecule has 3 N–H and O–H groups in total. The molecule has 1 aliphatic carbocycles. The van der Waals surface area contributed by atoms with Crippen LogP contribution in [-0.2, 0) is 19.5 Å². The Kier molecular flexibility index (Phi) is 11.7. The van der Waals surface area contributed by atoms with E-state index in [0.29, 0.717) is 68.0 Å². The molecule has 2 aromatic heterocycles. The SMILES string of the molecule is C=C(C)c1ccccc1[C@@H]1CCCN1C1CC2(CCN(c3ccc(C(=O)NS(=O)(=O)c4ccc(NCC5CCOCC5)c([N+](=O)[O-])c4)c(N4c5cc6cc[nH]c6nc5O[C@@H]5COC[C@H]54)c3)CC2)C1. The van der Waals surface area contributed by atoms with Crippen LogP contribution >= 0.6 is 0 Å². The lowest BCUT2D eigenvalue weighted by Crippen LogP contribution is -2.55. The first-order valence-electron chi connectivity index (χ1n) is 24.0. The lowest BCUT2D eigenvalue weighted by Gasteiger charge is -2.56. The number of rotatable bonds is 12. The Bertz CT molecular complexity index is 2880. The molecule has 356 valence electrons. The first-order chi connectivity index (χ1) is 32.9. The van der Waals surface area contributed by atoms with Gasteiger partial charge in [0.2, 0.25) is 5.88 Å². The van der Waals surface area contributed by atoms with Crippen molar-refractivity contribution in [3.63, 3.8) is 0 Å². The Labute approximate surface area is 396 Å². The lowest BCUT2D eigenvalue weighted by atomic mass is 9.59. The van der Waals surface area contributed by atoms with E-state index < -0.39 is 37.5 Å². The third-order valence-corrected chi connectivity index (χ3v) is 16.8. The second kappa shape index (κ2) is 17.8. The Morgan fingerprint density at radius 2 is 1.76 bits per heavy atom. The minimum atomic E-state index is -4.59. The number of anilines is 4. The van der Waals surface area contributed by atoms with E-state index in [9.17, 15) is 23.3 Å². The van der Waals surface area contributed by atoms with E-state index in [1.165, 1.54) is 48.9 Å². The summed E-state index contributed by atoms with van der Waals surface area (Å²) in [5.41, 5.74) is 6.64. The Hall–Kier alpha value is -6.01. The second-order valence-corrected chi connectivity index (χ2v) is 21.4. The van der Waals surface area contributed by atoms with Gasteiger partial charge >= 0.3 is 0 Å². The second-order valence-electron chi connectivity index (χ2n) is 19.7. The van der Waals surface area contributed by atoms with Crippen molar-refractivity contribution in [2.24, 2.45) is 11.3 Å². The number of amides is 1. The maximum atomic E-state index is 14.6. The van der Waals surface area contributed by atoms with Crippen molar-refractivity contribution >= 4 is 61.0 Å². The monoisotopic (exact) mass is 942 g/mol. The number of benzene rings is 3. The number of ether oxygens (including phenoxy) is 3. The fraction of sp³-hybridized carbons (Fsp3) is 0.451. The number of nitro groups is 1. The summed E-state index contributed by atoms with van der Waals surface area (Å²) in [6.45, 7) is 11.5. The van der Waals surface area contributed by atoms with Crippen LogP contribution in [0.15, 0.2) is 90.5 Å². The van der Waals surface area contributed by atoms with Gasteiger partial charge in [-0.2, -0.15) is 4.98 Å². The standard InChI is InChI=1S/C51H58N8O8S/c1-32(2)38-6-3-4-7-39(38)42-8-5-19-57(42)36-27-51(28-36)16-20-56(21-17-51)35-9-11-40(43(25-35)58-45-24-34-13-18-52-48(34)54-50(45)67-47-31-66-30-46(47)58)49(60)55-68(63,64)37-10-12-41(44(26-37)59(61)62)53-29-33-14-22-65-23-15-33/h3-4,6-7,9-13,18,24-26,33,36,42,46-47,53H,1,5,8,14-17,19-23,27-31H2,2H3,(H,52,54)(H,55,60)/t42-,46+,47+/m0/s1. The van der Waals surface area contributed by atoms with Gasteiger partial charge in [-0.1, -0.05) is 36.4 Å². The molecule has 17 heteroatoms. The molecule has 11 rings (SSSR count). The average molecular weight is 943 g/mol. The topological polar surface area (TPSA) is 184 Å². The molecule has 0 unspecified atom stereocenters. The van der Waals surface area contributed by atoms with Crippen molar-refractivity contribution in [2.45, 2.75) is 87.4 Å². The Balaban J connectivity index is 0.866. The number of carbonyl (C=O) groups excluding carboxylic acids is 1. The number of H-pyrrole nitrogens is 1. The van der Waals surface area contributed by atoms with Crippen molar-refractivity contribution in [3.8, 4) is 5.88 Å². The molecular weight excluding hydrogens is 885 g/mol. The van der Waals surface area contributed by atoms with E-state index in [1.54, 1.807) is 12.3 Å². The van der Waals surface area contributed by atoms with Gasteiger partial charge in [-0.05, 0) is 130 Å². The van der Waals surface area contributed by atoms with E-state index in [2.05, 4.69) is 62.6 Å². The van der Waals surface area contributed by atoms with Crippen LogP contribution < -0.4 is 24.6 Å². The molecule has 5 aromatic rings. The van der Waals surface area contributed by atoms with Gasteiger partial charge in [-0.3, -0.25) is 19.8 Å². The number of nitrogens with zero attached hydrogens (tertiary/aromatic N) is 5. The molecule has 7 heterocycles. The molecule has 1 spiro atoms. The minimum absolute atomic E-state index is 0.109. The number of aromatic nitrogens is 2. The molecule has 3 atom stereocenters. The first kappa shape index (κ1) is 44.5. The van der Waals surface area contributed by atoms with Crippen molar-refractivity contribution < 1.29 is 32.3 Å². The van der Waals surface area contributed by atoms with Crippen LogP contribution in [0.4, 0.5) is 28.4 Å². The zero-order valence-corrected chi connectivity index (χ0v) is 39.1. The van der Waals surface area contributed by atoms with Gasteiger partial charge in [0.25, 0.3) is 21.6 Å². The van der Waals surface area contributed by atoms with Gasteiger partial charge in [0.15, 0.2) is 0 Å². The zero-order chi connectivity index (χ0) is 46.7. The fourth-order valence-corrected chi connectivity index (χ4v) is 12.8. The summed E-state index contributed by atoms with van der Waals surface area (Å²) in [5, 5.41) is 16.2. The number of hydrogen-bond acceptors (Lipinski definition) is 13. The molecule has 16 nitrogen and oxygen atoms in total. The number of pyridine rings is 1. The third-order valence-electron chi connectivity index (χ3n) is 15.5. The Morgan fingerprint density at radius 1 is 0.956 bits per heavy atom. The number of sulfonamides is 1. The number of fused-ring (bicyclic) bond motifs is 3. The molecule has 1 amide bonds. The van der Waals surface area contributed by atoms with E-state index in [-0.39, 0.29) is 28.6 Å². The lowest BCUT2D eigenvalue weighted by molar-refractivity contribution is -0.384. The van der Waals surface area contributed by atoms with Gasteiger partial charge in [0.1, 0.15) is 23.1 Å². The van der Waals surface area contributed by atoms with Gasteiger partial charge in [0.05, 0.1) is 40.3 Å². The molecular formula is C51H58N8O8S. The summed E-state index contributed by atoms with van der Waals surface area (Å²) in [6, 6.07) is 22.5. The molecule has 4 saturated heterocycles. The highest BCUT2D eigenvalue weighted by Crippen LogP contribution is 2.55. The van der Waals surface area contributed by atoms with Crippen molar-refractivity contribution in [1.29, 1.82) is 0 Å². The molecule has 0 bridgehead atoms. The maximum absolute atomic E-state index is 14.6. The smallest absolute Gasteiger partial charge is 0.293 e. The number of nitrogens with one attached hydrogen (secondary N) is 3. The van der Waals surface area contributed by atoms with Crippen LogP contribution in [0.2, 0.25) is 0 Å². The summed E-state index contributed by atoms with van der Waals surface area (Å²) in [4.78, 5) is 41.0. The molecule has 5 fully saturated rings. The molecule has 6 aliphatic rings. The van der Waals surface area contributed by atoms with Gasteiger partial charge in [-0.15, -0.1) is 0 Å². The van der Waals surface area contributed by atoms with Crippen molar-refractivity contribution in [3.05, 3.63) is 112 Å². The van der Waals surface area contributed by atoms with E-state index in [4.69, 9.17) is 19.2 Å². The third kappa shape index (κ3) is 8.26. The van der Waals surface area contributed by atoms with Crippen LogP contribution in [-0.4, -0.2) is 105 Å². The summed E-state index contributed by atoms with van der Waals surface area (Å²) in [5.74, 6) is -0.233. The summed E-state index contributed by atoms with van der Waals surface area (Å²) in [7, 11) is -4.59. The number of carbonyl (C=O) groups is 1. The minimum Gasteiger partial charge on any atom is -0.468 e. The number of hydrogen-bond donors (Lipinski definition) is 3. The predicted octanol–water partition coefficient (Wildman–Crippen LogP) is 8.35. The number of aromatic amines is 1. The van der Waals surface area contributed by atoms with Crippen LogP contribution in [0.3, 0.4) is 0 Å². The average Bonchev–Trinajstić information content (AvgIpc) is 4.13. The number of likely N-dealkylation sites (tertiary alicyclic amines) is 1. The highest BCUT2D eigenvalue weighted by molar-refractivity contribution is 7.90. The molecule has 3 aromatic carbocycles. The van der Waals surface area contributed by atoms with Crippen molar-refractivity contribution in [2.75, 3.05) is 67.7 Å².